The number of alkyl halides is 2. The van der Waals surface area contributed by atoms with Crippen molar-refractivity contribution in [2.75, 3.05) is 14.2 Å². The molecule has 0 saturated heterocycles. The van der Waals surface area contributed by atoms with Crippen LogP contribution in [0.3, 0.4) is 0 Å². The van der Waals surface area contributed by atoms with E-state index < -0.39 is 6.61 Å². The highest BCUT2D eigenvalue weighted by atomic mass is 19.3. The lowest BCUT2D eigenvalue weighted by molar-refractivity contribution is -0.0498. The van der Waals surface area contributed by atoms with E-state index in [-0.39, 0.29) is 17.1 Å². The van der Waals surface area contributed by atoms with Gasteiger partial charge in [-0.2, -0.15) is 8.78 Å². The molecule has 0 aliphatic carbocycles. The van der Waals surface area contributed by atoms with Gasteiger partial charge in [0.05, 0.1) is 14.2 Å². The molecule has 0 aliphatic heterocycles. The number of allylic oxidation sites excluding steroid dienone is 1. The van der Waals surface area contributed by atoms with Gasteiger partial charge < -0.3 is 14.2 Å². The maximum Gasteiger partial charge on any atom is 0.387 e. The zero-order valence-corrected chi connectivity index (χ0v) is 13.2. The van der Waals surface area contributed by atoms with Crippen LogP contribution in [0.25, 0.3) is 6.08 Å². The number of hydrogen-bond donors (Lipinski definition) is 0. The van der Waals surface area contributed by atoms with E-state index in [1.807, 2.05) is 0 Å². The minimum absolute atomic E-state index is 0.0665. The van der Waals surface area contributed by atoms with Crippen LogP contribution in [0.1, 0.15) is 15.9 Å². The summed E-state index contributed by atoms with van der Waals surface area (Å²) in [7, 11) is 3.06. The lowest BCUT2D eigenvalue weighted by Gasteiger charge is -2.07. The average molecular weight is 334 g/mol. The number of ketones is 1. The van der Waals surface area contributed by atoms with Crippen molar-refractivity contribution in [3.63, 3.8) is 0 Å². The Bertz CT molecular complexity index is 742. The second kappa shape index (κ2) is 8.10. The van der Waals surface area contributed by atoms with Gasteiger partial charge in [-0.05, 0) is 42.5 Å². The SMILES string of the molecule is COc1ccc(OC)c(/C=C/C(=O)c2cccc(OC(F)F)c2)c1. The Hall–Kier alpha value is -2.89. The molecule has 0 heterocycles. The molecule has 2 aromatic rings. The molecule has 0 atom stereocenters. The van der Waals surface area contributed by atoms with Crippen molar-refractivity contribution < 1.29 is 27.8 Å². The largest absolute Gasteiger partial charge is 0.497 e. The number of halogens is 2. The third-order valence-corrected chi connectivity index (χ3v) is 3.19. The molecular weight excluding hydrogens is 318 g/mol. The lowest BCUT2D eigenvalue weighted by Crippen LogP contribution is -2.03. The van der Waals surface area contributed by atoms with Gasteiger partial charge in [0.1, 0.15) is 17.2 Å². The Balaban J connectivity index is 2.21. The molecule has 0 radical (unpaired) electrons. The highest BCUT2D eigenvalue weighted by Gasteiger charge is 2.08. The summed E-state index contributed by atoms with van der Waals surface area (Å²) < 4.78 is 39.1. The number of benzene rings is 2. The summed E-state index contributed by atoms with van der Waals surface area (Å²) in [6.07, 6.45) is 2.91. The molecule has 2 aromatic carbocycles. The molecule has 0 N–H and O–H groups in total. The Morgan fingerprint density at radius 2 is 1.83 bits per heavy atom. The van der Waals surface area contributed by atoms with E-state index in [2.05, 4.69) is 4.74 Å². The predicted octanol–water partition coefficient (Wildman–Crippen LogP) is 4.20. The number of ether oxygens (including phenoxy) is 3. The van der Waals surface area contributed by atoms with E-state index in [1.54, 1.807) is 24.3 Å². The predicted molar refractivity (Wildman–Crippen MR) is 86.0 cm³/mol. The van der Waals surface area contributed by atoms with Gasteiger partial charge in [0.2, 0.25) is 0 Å². The smallest absolute Gasteiger partial charge is 0.387 e. The van der Waals surface area contributed by atoms with Crippen LogP contribution in [0.5, 0.6) is 17.2 Å². The molecule has 0 saturated carbocycles. The van der Waals surface area contributed by atoms with Crippen molar-refractivity contribution in [2.24, 2.45) is 0 Å². The molecular formula is C18H16F2O4. The van der Waals surface area contributed by atoms with Gasteiger partial charge in [0.25, 0.3) is 0 Å². The summed E-state index contributed by atoms with van der Waals surface area (Å²) in [5, 5.41) is 0. The number of carbonyl (C=O) groups excluding carboxylic acids is 1. The summed E-state index contributed by atoms with van der Waals surface area (Å²) in [4.78, 5) is 12.2. The first-order valence-corrected chi connectivity index (χ1v) is 7.03. The highest BCUT2D eigenvalue weighted by molar-refractivity contribution is 6.07. The Labute approximate surface area is 138 Å². The average Bonchev–Trinajstić information content (AvgIpc) is 2.59. The van der Waals surface area contributed by atoms with Gasteiger partial charge >= 0.3 is 6.61 Å². The zero-order valence-electron chi connectivity index (χ0n) is 13.2. The van der Waals surface area contributed by atoms with Crippen LogP contribution in [-0.2, 0) is 0 Å². The first kappa shape index (κ1) is 17.5. The molecule has 126 valence electrons. The molecule has 0 spiro atoms. The van der Waals surface area contributed by atoms with Gasteiger partial charge in [-0.1, -0.05) is 12.1 Å². The van der Waals surface area contributed by atoms with Crippen molar-refractivity contribution in [1.82, 2.24) is 0 Å². The number of hydrogen-bond acceptors (Lipinski definition) is 4. The van der Waals surface area contributed by atoms with Crippen LogP contribution in [0, 0.1) is 0 Å². The molecule has 0 aromatic heterocycles. The van der Waals surface area contributed by atoms with Crippen molar-refractivity contribution in [3.8, 4) is 17.2 Å². The fraction of sp³-hybridized carbons (Fsp3) is 0.167. The minimum atomic E-state index is -2.94. The van der Waals surface area contributed by atoms with Gasteiger partial charge in [-0.25, -0.2) is 0 Å². The first-order valence-electron chi connectivity index (χ1n) is 7.03. The van der Waals surface area contributed by atoms with Crippen LogP contribution in [0.15, 0.2) is 48.5 Å². The topological polar surface area (TPSA) is 44.8 Å². The molecule has 0 amide bonds. The van der Waals surface area contributed by atoms with Gasteiger partial charge in [-0.3, -0.25) is 4.79 Å². The van der Waals surface area contributed by atoms with Crippen LogP contribution < -0.4 is 14.2 Å². The van der Waals surface area contributed by atoms with E-state index in [1.165, 1.54) is 44.6 Å². The Morgan fingerprint density at radius 3 is 2.50 bits per heavy atom. The van der Waals surface area contributed by atoms with Gasteiger partial charge in [0, 0.05) is 11.1 Å². The summed E-state index contributed by atoms with van der Waals surface area (Å²) in [5.41, 5.74) is 0.899. The highest BCUT2D eigenvalue weighted by Crippen LogP contribution is 2.25. The zero-order chi connectivity index (χ0) is 17.5. The van der Waals surface area contributed by atoms with Gasteiger partial charge in [-0.15, -0.1) is 0 Å². The summed E-state index contributed by atoms with van der Waals surface area (Å²) >= 11 is 0. The summed E-state index contributed by atoms with van der Waals surface area (Å²) in [5.74, 6) is 0.785. The van der Waals surface area contributed by atoms with Crippen molar-refractivity contribution in [2.45, 2.75) is 6.61 Å². The second-order valence-corrected chi connectivity index (χ2v) is 4.71. The van der Waals surface area contributed by atoms with Crippen LogP contribution >= 0.6 is 0 Å². The van der Waals surface area contributed by atoms with Crippen LogP contribution in [0.4, 0.5) is 8.78 Å². The number of rotatable bonds is 7. The molecule has 24 heavy (non-hydrogen) atoms. The molecule has 0 unspecified atom stereocenters. The standard InChI is InChI=1S/C18H16F2O4/c1-22-14-7-9-17(23-2)13(11-14)6-8-16(21)12-4-3-5-15(10-12)24-18(19)20/h3-11,18H,1-2H3/b8-6+. The van der Waals surface area contributed by atoms with Crippen molar-refractivity contribution in [1.29, 1.82) is 0 Å². The van der Waals surface area contributed by atoms with E-state index in [4.69, 9.17) is 9.47 Å². The normalized spacial score (nSPS) is 10.9. The lowest BCUT2D eigenvalue weighted by atomic mass is 10.1. The second-order valence-electron chi connectivity index (χ2n) is 4.71. The molecule has 0 fully saturated rings. The first-order chi connectivity index (χ1) is 11.5. The minimum Gasteiger partial charge on any atom is -0.497 e. The molecule has 6 heteroatoms. The maximum absolute atomic E-state index is 12.2. The van der Waals surface area contributed by atoms with E-state index in [9.17, 15) is 13.6 Å². The number of carbonyl (C=O) groups is 1. The molecule has 4 nitrogen and oxygen atoms in total. The molecule has 0 aliphatic rings. The van der Waals surface area contributed by atoms with Crippen molar-refractivity contribution >= 4 is 11.9 Å². The fourth-order valence-corrected chi connectivity index (χ4v) is 2.06. The van der Waals surface area contributed by atoms with Crippen molar-refractivity contribution in [3.05, 3.63) is 59.7 Å². The van der Waals surface area contributed by atoms with E-state index >= 15 is 0 Å². The third kappa shape index (κ3) is 4.55. The summed E-state index contributed by atoms with van der Waals surface area (Å²) in [6.45, 7) is -2.94. The fourth-order valence-electron chi connectivity index (χ4n) is 2.06. The quantitative estimate of drug-likeness (QED) is 0.562. The summed E-state index contributed by atoms with van der Waals surface area (Å²) in [6, 6.07) is 10.8. The maximum atomic E-state index is 12.2. The van der Waals surface area contributed by atoms with Gasteiger partial charge in [0.15, 0.2) is 5.78 Å². The third-order valence-electron chi connectivity index (χ3n) is 3.19. The van der Waals surface area contributed by atoms with Crippen LogP contribution in [-0.4, -0.2) is 26.6 Å². The monoisotopic (exact) mass is 334 g/mol. The Morgan fingerprint density at radius 1 is 1.04 bits per heavy atom. The molecule has 2 rings (SSSR count). The van der Waals surface area contributed by atoms with E-state index in [0.717, 1.165) is 0 Å². The van der Waals surface area contributed by atoms with Crippen LogP contribution in [0.2, 0.25) is 0 Å². The number of methoxy groups -OCH3 is 2. The van der Waals surface area contributed by atoms with E-state index in [0.29, 0.717) is 17.1 Å². The Kier molecular flexibility index (Phi) is 5.89. The molecule has 0 bridgehead atoms.